The predicted octanol–water partition coefficient (Wildman–Crippen LogP) is 2.52. The van der Waals surface area contributed by atoms with E-state index in [0.717, 1.165) is 37.9 Å². The fourth-order valence-electron chi connectivity index (χ4n) is 3.96. The van der Waals surface area contributed by atoms with Gasteiger partial charge in [0, 0.05) is 37.8 Å². The molecule has 0 unspecified atom stereocenters. The maximum atomic E-state index is 12.8. The molecule has 26 heavy (non-hydrogen) atoms. The maximum absolute atomic E-state index is 12.8. The number of nitrogens with zero attached hydrogens (tertiary/aromatic N) is 3. The predicted molar refractivity (Wildman–Crippen MR) is 99.9 cm³/mol. The average Bonchev–Trinajstić information content (AvgIpc) is 3.36. The molecule has 2 heterocycles. The molecule has 0 radical (unpaired) electrons. The minimum Gasteiger partial charge on any atom is -0.365 e. The Morgan fingerprint density at radius 3 is 2.62 bits per heavy atom. The van der Waals surface area contributed by atoms with E-state index in [9.17, 15) is 9.59 Å². The van der Waals surface area contributed by atoms with Crippen molar-refractivity contribution in [3.63, 3.8) is 0 Å². The summed E-state index contributed by atoms with van der Waals surface area (Å²) in [5.74, 6) is 1.31. The van der Waals surface area contributed by atoms with Gasteiger partial charge in [-0.3, -0.25) is 9.59 Å². The fourth-order valence-corrected chi connectivity index (χ4v) is 3.96. The van der Waals surface area contributed by atoms with E-state index >= 15 is 0 Å². The van der Waals surface area contributed by atoms with E-state index in [1.54, 1.807) is 6.20 Å². The van der Waals surface area contributed by atoms with Crippen molar-refractivity contribution in [3.8, 4) is 0 Å². The van der Waals surface area contributed by atoms with Gasteiger partial charge in [-0.1, -0.05) is 0 Å². The molecule has 1 saturated heterocycles. The van der Waals surface area contributed by atoms with E-state index in [-0.39, 0.29) is 29.3 Å². The second-order valence-electron chi connectivity index (χ2n) is 8.39. The van der Waals surface area contributed by atoms with E-state index in [1.807, 2.05) is 29.0 Å². The zero-order chi connectivity index (χ0) is 18.3. The third kappa shape index (κ3) is 3.41. The van der Waals surface area contributed by atoms with Crippen LogP contribution in [-0.2, 0) is 4.79 Å². The van der Waals surface area contributed by atoms with Crippen molar-refractivity contribution in [2.75, 3.05) is 25.5 Å². The van der Waals surface area contributed by atoms with Crippen LogP contribution in [0.25, 0.3) is 0 Å². The molecule has 140 valence electrons. The van der Waals surface area contributed by atoms with Crippen LogP contribution in [0.5, 0.6) is 0 Å². The van der Waals surface area contributed by atoms with Gasteiger partial charge in [-0.15, -0.1) is 0 Å². The van der Waals surface area contributed by atoms with E-state index in [0.29, 0.717) is 18.7 Å². The molecule has 2 amide bonds. The zero-order valence-electron chi connectivity index (χ0n) is 15.7. The van der Waals surface area contributed by atoms with Gasteiger partial charge in [0.05, 0.1) is 11.6 Å². The van der Waals surface area contributed by atoms with Crippen LogP contribution in [0.1, 0.15) is 55.8 Å². The van der Waals surface area contributed by atoms with Crippen molar-refractivity contribution in [2.24, 2.45) is 5.92 Å². The summed E-state index contributed by atoms with van der Waals surface area (Å²) in [5, 5.41) is 3.46. The van der Waals surface area contributed by atoms with Crippen LogP contribution < -0.4 is 5.32 Å². The highest BCUT2D eigenvalue weighted by Crippen LogP contribution is 2.34. The molecule has 6 heteroatoms. The van der Waals surface area contributed by atoms with Crippen LogP contribution in [0.4, 0.5) is 5.82 Å². The minimum absolute atomic E-state index is 0.00803. The van der Waals surface area contributed by atoms with Gasteiger partial charge in [0.25, 0.3) is 5.91 Å². The number of carbonyl (C=O) groups is 2. The lowest BCUT2D eigenvalue weighted by atomic mass is 9.78. The largest absolute Gasteiger partial charge is 0.365 e. The lowest BCUT2D eigenvalue weighted by Gasteiger charge is -2.39. The lowest BCUT2D eigenvalue weighted by Crippen LogP contribution is -2.42. The number of amides is 2. The van der Waals surface area contributed by atoms with Gasteiger partial charge in [0.15, 0.2) is 0 Å². The average molecular weight is 356 g/mol. The van der Waals surface area contributed by atoms with Crippen molar-refractivity contribution >= 4 is 17.6 Å². The van der Waals surface area contributed by atoms with Gasteiger partial charge in [0.1, 0.15) is 5.82 Å². The van der Waals surface area contributed by atoms with Gasteiger partial charge < -0.3 is 15.1 Å². The Hall–Kier alpha value is -2.11. The number of carbonyl (C=O) groups excluding carboxylic acids is 2. The smallest absolute Gasteiger partial charge is 0.255 e. The van der Waals surface area contributed by atoms with Crippen LogP contribution in [0.15, 0.2) is 18.3 Å². The highest BCUT2D eigenvalue weighted by Gasteiger charge is 2.37. The van der Waals surface area contributed by atoms with Crippen LogP contribution in [0.3, 0.4) is 0 Å². The third-order valence-corrected chi connectivity index (χ3v) is 6.17. The molecule has 3 fully saturated rings. The Morgan fingerprint density at radius 1 is 1.27 bits per heavy atom. The quantitative estimate of drug-likeness (QED) is 0.880. The van der Waals surface area contributed by atoms with Crippen LogP contribution in [0.2, 0.25) is 0 Å². The van der Waals surface area contributed by atoms with E-state index < -0.39 is 0 Å². The molecule has 1 aliphatic heterocycles. The van der Waals surface area contributed by atoms with E-state index in [2.05, 4.69) is 17.2 Å². The molecule has 1 atom stereocenters. The van der Waals surface area contributed by atoms with Crippen molar-refractivity contribution in [3.05, 3.63) is 23.9 Å². The van der Waals surface area contributed by atoms with E-state index in [4.69, 9.17) is 0 Å². The first-order valence-electron chi connectivity index (χ1n) is 9.75. The number of likely N-dealkylation sites (tertiary alicyclic amines) is 1. The molecule has 0 spiro atoms. The van der Waals surface area contributed by atoms with Crippen LogP contribution in [-0.4, -0.2) is 58.3 Å². The van der Waals surface area contributed by atoms with Gasteiger partial charge in [-0.25, -0.2) is 4.98 Å². The van der Waals surface area contributed by atoms with Crippen molar-refractivity contribution < 1.29 is 9.59 Å². The topological polar surface area (TPSA) is 65.5 Å². The molecule has 1 N–H and O–H groups in total. The summed E-state index contributed by atoms with van der Waals surface area (Å²) in [7, 11) is 1.88. The summed E-state index contributed by atoms with van der Waals surface area (Å²) in [6, 6.07) is 3.89. The number of likely N-dealkylation sites (N-methyl/N-ethyl adjacent to an activating group) is 1. The second kappa shape index (κ2) is 6.56. The molecular weight excluding hydrogens is 328 g/mol. The molecule has 2 aliphatic carbocycles. The molecule has 3 aliphatic rings. The lowest BCUT2D eigenvalue weighted by molar-refractivity contribution is -0.133. The number of pyridine rings is 1. The molecule has 1 aromatic heterocycles. The Morgan fingerprint density at radius 2 is 2.04 bits per heavy atom. The molecule has 2 saturated carbocycles. The zero-order valence-corrected chi connectivity index (χ0v) is 15.7. The van der Waals surface area contributed by atoms with Crippen molar-refractivity contribution in [2.45, 2.75) is 57.0 Å². The number of nitrogens with one attached hydrogen (secondary N) is 1. The summed E-state index contributed by atoms with van der Waals surface area (Å²) >= 11 is 0. The Kier molecular flexibility index (Phi) is 4.37. The van der Waals surface area contributed by atoms with E-state index in [1.165, 1.54) is 6.42 Å². The van der Waals surface area contributed by atoms with Crippen molar-refractivity contribution in [1.29, 1.82) is 0 Å². The Labute approximate surface area is 155 Å². The Bertz CT molecular complexity index is 694. The molecule has 4 rings (SSSR count). The third-order valence-electron chi connectivity index (χ3n) is 6.17. The van der Waals surface area contributed by atoms with Gasteiger partial charge >= 0.3 is 0 Å². The standard InChI is InChI=1S/C20H28N4O2/c1-20(9-3-10-20)22-17-7-6-15(12-21-17)19(26)24-11-8-16(13-24)23(2)18(25)14-4-5-14/h6-7,12,14,16H,3-5,8-11,13H2,1-2H3,(H,21,22)/t16-/m0/s1. The number of aromatic nitrogens is 1. The summed E-state index contributed by atoms with van der Waals surface area (Å²) in [5.41, 5.74) is 0.769. The van der Waals surface area contributed by atoms with Gasteiger partial charge in [-0.2, -0.15) is 0 Å². The Balaban J connectivity index is 1.34. The first kappa shape index (κ1) is 17.3. The van der Waals surface area contributed by atoms with Gasteiger partial charge in [0.2, 0.25) is 5.91 Å². The first-order valence-corrected chi connectivity index (χ1v) is 9.75. The minimum atomic E-state index is 0.00803. The SMILES string of the molecule is CN(C(=O)C1CC1)[C@H]1CCN(C(=O)c2ccc(NC3(C)CCC3)nc2)C1. The summed E-state index contributed by atoms with van der Waals surface area (Å²) in [6.45, 7) is 3.52. The monoisotopic (exact) mass is 356 g/mol. The highest BCUT2D eigenvalue weighted by atomic mass is 16.2. The number of anilines is 1. The second-order valence-corrected chi connectivity index (χ2v) is 8.39. The van der Waals surface area contributed by atoms with Gasteiger partial charge in [-0.05, 0) is 57.6 Å². The highest BCUT2D eigenvalue weighted by molar-refractivity contribution is 5.94. The first-order chi connectivity index (χ1) is 12.5. The summed E-state index contributed by atoms with van der Waals surface area (Å²) < 4.78 is 0. The molecular formula is C20H28N4O2. The fraction of sp³-hybridized carbons (Fsp3) is 0.650. The summed E-state index contributed by atoms with van der Waals surface area (Å²) in [6.07, 6.45) is 8.14. The molecule has 6 nitrogen and oxygen atoms in total. The summed E-state index contributed by atoms with van der Waals surface area (Å²) in [4.78, 5) is 33.1. The molecule has 1 aromatic rings. The van der Waals surface area contributed by atoms with Crippen LogP contribution in [0, 0.1) is 5.92 Å². The number of hydrogen-bond acceptors (Lipinski definition) is 4. The van der Waals surface area contributed by atoms with Crippen LogP contribution >= 0.6 is 0 Å². The normalized spacial score (nSPS) is 24.1. The molecule has 0 aromatic carbocycles. The molecule has 0 bridgehead atoms. The number of hydrogen-bond donors (Lipinski definition) is 1. The van der Waals surface area contributed by atoms with Crippen molar-refractivity contribution in [1.82, 2.24) is 14.8 Å². The number of rotatable bonds is 5. The maximum Gasteiger partial charge on any atom is 0.255 e.